The average molecular weight is 407 g/mol. The standard InChI is InChI=1S/C20H20Cl2N2O3/c1-12-5-7-16(15(22)10-12)23-19(25)17-4-3-9-24(17)20(26)14-11-13(21)6-8-18(14)27-2/h5-8,10-11,17H,3-4,9H2,1-2H3,(H,23,25)/t17-/m1/s1. The van der Waals surface area contributed by atoms with Crippen molar-refractivity contribution < 1.29 is 14.3 Å². The summed E-state index contributed by atoms with van der Waals surface area (Å²) in [6.45, 7) is 2.42. The minimum absolute atomic E-state index is 0.257. The summed E-state index contributed by atoms with van der Waals surface area (Å²) in [7, 11) is 1.49. The Balaban J connectivity index is 1.81. The number of likely N-dealkylation sites (tertiary alicyclic amines) is 1. The van der Waals surface area contributed by atoms with E-state index < -0.39 is 6.04 Å². The number of aryl methyl sites for hydroxylation is 1. The Hall–Kier alpha value is -2.24. The first-order valence-corrected chi connectivity index (χ1v) is 9.38. The molecule has 2 aromatic carbocycles. The molecule has 0 radical (unpaired) electrons. The van der Waals surface area contributed by atoms with Gasteiger partial charge < -0.3 is 15.0 Å². The van der Waals surface area contributed by atoms with Crippen LogP contribution in [0.1, 0.15) is 28.8 Å². The number of hydrogen-bond donors (Lipinski definition) is 1. The molecule has 0 aliphatic carbocycles. The number of hydrogen-bond acceptors (Lipinski definition) is 3. The molecule has 0 unspecified atom stereocenters. The Morgan fingerprint density at radius 1 is 1.19 bits per heavy atom. The van der Waals surface area contributed by atoms with Crippen molar-refractivity contribution in [3.63, 3.8) is 0 Å². The van der Waals surface area contributed by atoms with E-state index in [-0.39, 0.29) is 11.8 Å². The molecule has 1 fully saturated rings. The Morgan fingerprint density at radius 2 is 1.96 bits per heavy atom. The summed E-state index contributed by atoms with van der Waals surface area (Å²) in [6.07, 6.45) is 1.33. The minimum Gasteiger partial charge on any atom is -0.496 e. The lowest BCUT2D eigenvalue weighted by Crippen LogP contribution is -2.43. The molecular formula is C20H20Cl2N2O3. The van der Waals surface area contributed by atoms with E-state index in [2.05, 4.69) is 5.32 Å². The maximum atomic E-state index is 13.0. The Kier molecular flexibility index (Phi) is 5.92. The number of ether oxygens (including phenoxy) is 1. The van der Waals surface area contributed by atoms with Gasteiger partial charge in [0.1, 0.15) is 11.8 Å². The van der Waals surface area contributed by atoms with E-state index in [4.69, 9.17) is 27.9 Å². The van der Waals surface area contributed by atoms with Gasteiger partial charge in [-0.25, -0.2) is 0 Å². The highest BCUT2D eigenvalue weighted by Gasteiger charge is 2.35. The van der Waals surface area contributed by atoms with Crippen molar-refractivity contribution in [1.29, 1.82) is 0 Å². The predicted octanol–water partition coefficient (Wildman–Crippen LogP) is 4.55. The summed E-state index contributed by atoms with van der Waals surface area (Å²) in [5.41, 5.74) is 1.88. The molecule has 0 bridgehead atoms. The van der Waals surface area contributed by atoms with Crippen LogP contribution in [-0.2, 0) is 4.79 Å². The Labute approximate surface area is 168 Å². The van der Waals surface area contributed by atoms with Crippen LogP contribution in [0.3, 0.4) is 0 Å². The number of benzene rings is 2. The van der Waals surface area contributed by atoms with Crippen LogP contribution in [0.5, 0.6) is 5.75 Å². The molecule has 27 heavy (non-hydrogen) atoms. The Morgan fingerprint density at radius 3 is 2.67 bits per heavy atom. The zero-order valence-corrected chi connectivity index (χ0v) is 16.6. The number of amides is 2. The summed E-state index contributed by atoms with van der Waals surface area (Å²) >= 11 is 12.2. The number of anilines is 1. The highest BCUT2D eigenvalue weighted by atomic mass is 35.5. The summed E-state index contributed by atoms with van der Waals surface area (Å²) in [4.78, 5) is 27.4. The largest absolute Gasteiger partial charge is 0.496 e. The van der Waals surface area contributed by atoms with Gasteiger partial charge in [0, 0.05) is 11.6 Å². The molecule has 2 aromatic rings. The zero-order valence-electron chi connectivity index (χ0n) is 15.1. The van der Waals surface area contributed by atoms with Crippen LogP contribution in [0.2, 0.25) is 10.0 Å². The van der Waals surface area contributed by atoms with Crippen molar-refractivity contribution in [2.45, 2.75) is 25.8 Å². The number of nitrogens with zero attached hydrogens (tertiary/aromatic N) is 1. The molecule has 3 rings (SSSR count). The quantitative estimate of drug-likeness (QED) is 0.809. The maximum absolute atomic E-state index is 13.0. The van der Waals surface area contributed by atoms with Gasteiger partial charge in [-0.3, -0.25) is 9.59 Å². The molecule has 5 nitrogen and oxygen atoms in total. The van der Waals surface area contributed by atoms with Crippen molar-refractivity contribution in [2.75, 3.05) is 19.0 Å². The van der Waals surface area contributed by atoms with E-state index in [1.165, 1.54) is 7.11 Å². The Bertz CT molecular complexity index is 886. The van der Waals surface area contributed by atoms with Crippen LogP contribution in [0.15, 0.2) is 36.4 Å². The number of methoxy groups -OCH3 is 1. The van der Waals surface area contributed by atoms with E-state index >= 15 is 0 Å². The molecule has 0 saturated carbocycles. The molecule has 1 atom stereocenters. The third-order valence-electron chi connectivity index (χ3n) is 4.59. The molecule has 0 spiro atoms. The first-order chi connectivity index (χ1) is 12.9. The summed E-state index contributed by atoms with van der Waals surface area (Å²) in [6, 6.07) is 9.71. The van der Waals surface area contributed by atoms with Crippen LogP contribution in [0.25, 0.3) is 0 Å². The number of nitrogens with one attached hydrogen (secondary N) is 1. The van der Waals surface area contributed by atoms with Gasteiger partial charge in [0.25, 0.3) is 5.91 Å². The monoisotopic (exact) mass is 406 g/mol. The lowest BCUT2D eigenvalue weighted by molar-refractivity contribution is -0.119. The van der Waals surface area contributed by atoms with Gasteiger partial charge in [0.05, 0.1) is 23.4 Å². The van der Waals surface area contributed by atoms with Crippen LogP contribution >= 0.6 is 23.2 Å². The number of carbonyl (C=O) groups excluding carboxylic acids is 2. The molecule has 2 amide bonds. The third kappa shape index (κ3) is 4.20. The SMILES string of the molecule is COc1ccc(Cl)cc1C(=O)N1CCC[C@@H]1C(=O)Nc1ccc(C)cc1Cl. The van der Waals surface area contributed by atoms with Crippen LogP contribution in [-0.4, -0.2) is 36.4 Å². The van der Waals surface area contributed by atoms with Crippen molar-refractivity contribution >= 4 is 40.7 Å². The molecule has 1 heterocycles. The smallest absolute Gasteiger partial charge is 0.258 e. The van der Waals surface area contributed by atoms with Crippen molar-refractivity contribution in [2.24, 2.45) is 0 Å². The number of rotatable bonds is 4. The maximum Gasteiger partial charge on any atom is 0.258 e. The second-order valence-electron chi connectivity index (χ2n) is 6.47. The van der Waals surface area contributed by atoms with Gasteiger partial charge in [-0.05, 0) is 55.7 Å². The van der Waals surface area contributed by atoms with Gasteiger partial charge in [0.15, 0.2) is 0 Å². The normalized spacial score (nSPS) is 16.3. The fourth-order valence-corrected chi connectivity index (χ4v) is 3.68. The number of carbonyl (C=O) groups is 2. The van der Waals surface area contributed by atoms with E-state index in [0.717, 1.165) is 12.0 Å². The van der Waals surface area contributed by atoms with Gasteiger partial charge in [-0.15, -0.1) is 0 Å². The van der Waals surface area contributed by atoms with Crippen molar-refractivity contribution in [3.8, 4) is 5.75 Å². The van der Waals surface area contributed by atoms with Crippen molar-refractivity contribution in [1.82, 2.24) is 4.90 Å². The van der Waals surface area contributed by atoms with E-state index in [0.29, 0.717) is 40.0 Å². The van der Waals surface area contributed by atoms with Gasteiger partial charge in [0.2, 0.25) is 5.91 Å². The fraction of sp³-hybridized carbons (Fsp3) is 0.300. The second-order valence-corrected chi connectivity index (χ2v) is 7.32. The summed E-state index contributed by atoms with van der Waals surface area (Å²) in [5.74, 6) is -0.105. The van der Waals surface area contributed by atoms with E-state index in [9.17, 15) is 9.59 Å². The molecule has 7 heteroatoms. The third-order valence-corrected chi connectivity index (χ3v) is 5.14. The molecule has 1 aliphatic rings. The van der Waals surface area contributed by atoms with Gasteiger partial charge >= 0.3 is 0 Å². The van der Waals surface area contributed by atoms with Crippen molar-refractivity contribution in [3.05, 3.63) is 57.6 Å². The molecule has 0 aromatic heterocycles. The van der Waals surface area contributed by atoms with Crippen LogP contribution < -0.4 is 10.1 Å². The van der Waals surface area contributed by atoms with Gasteiger partial charge in [-0.1, -0.05) is 29.3 Å². The summed E-state index contributed by atoms with van der Waals surface area (Å²) < 4.78 is 5.28. The topological polar surface area (TPSA) is 58.6 Å². The molecule has 1 saturated heterocycles. The lowest BCUT2D eigenvalue weighted by atomic mass is 10.1. The first kappa shape index (κ1) is 19.5. The van der Waals surface area contributed by atoms with Crippen LogP contribution in [0.4, 0.5) is 5.69 Å². The average Bonchev–Trinajstić information content (AvgIpc) is 3.13. The zero-order chi connectivity index (χ0) is 19.6. The highest BCUT2D eigenvalue weighted by Crippen LogP contribution is 2.29. The molecule has 142 valence electrons. The lowest BCUT2D eigenvalue weighted by Gasteiger charge is -2.25. The summed E-state index contributed by atoms with van der Waals surface area (Å²) in [5, 5.41) is 3.74. The molecular weight excluding hydrogens is 387 g/mol. The fourth-order valence-electron chi connectivity index (χ4n) is 3.22. The first-order valence-electron chi connectivity index (χ1n) is 8.62. The predicted molar refractivity (Wildman–Crippen MR) is 107 cm³/mol. The highest BCUT2D eigenvalue weighted by molar-refractivity contribution is 6.33. The molecule has 1 aliphatic heterocycles. The number of halogens is 2. The minimum atomic E-state index is -0.571. The van der Waals surface area contributed by atoms with Gasteiger partial charge in [-0.2, -0.15) is 0 Å². The van der Waals surface area contributed by atoms with E-state index in [1.54, 1.807) is 35.2 Å². The van der Waals surface area contributed by atoms with Crippen LogP contribution in [0, 0.1) is 6.92 Å². The van der Waals surface area contributed by atoms with E-state index in [1.807, 2.05) is 13.0 Å². The second kappa shape index (κ2) is 8.19. The molecule has 1 N–H and O–H groups in total.